The SMILES string of the molecule is Cc1ccc(-c2c3nc(c(-c4ccc(C)cc4)c4ccc([n-]4)c(-c4ccc(C)cc4)c4nc(c(-c5ccc(C)cc5)c5ccc2[n-]5)-c2cc(/C=C/C(=O)O)c(/C=C/C(=O)O)cc2-4)-c2cc(/C=C/C(=O)O)c(/C=C/C(=O)O)cc2-3)cc1.[Zn+2]. The molecule has 5 heterocycles. The first-order valence-corrected chi connectivity index (χ1v) is 25.6. The van der Waals surface area contributed by atoms with E-state index in [1.165, 1.54) is 24.3 Å². The number of aliphatic carboxylic acids is 4. The molecule has 0 amide bonds. The van der Waals surface area contributed by atoms with Crippen molar-refractivity contribution in [2.45, 2.75) is 27.7 Å². The van der Waals surface area contributed by atoms with Crippen LogP contribution in [0, 0.1) is 27.7 Å². The molecular weight excluding hydrogens is 1070 g/mol. The number of carboxylic acid groups (broad SMARTS) is 4. The standard InChI is InChI=1S/C68H50N4O8.Zn/c1-37-5-13-41(14-6-37)61-53-25-26-54(69-53)62(42-15-7-38(2)8-16-42)67-51-35-47(23-31-59(77)78)48(24-32-60(79)80)36-52(51)68(72-67)64(44-19-11-40(4)12-20-44)56-28-27-55(70-56)63(43-17-9-39(3)10-18-43)66-50-34-46(22-30-58(75)76)45(21-29-57(73)74)33-49(50)65(61)71-66;/h5-36H,1-4H3,(H6,69,70,71,72,73,74,75,76,77,78,79,80);/q;+2/p-2/b29-21+,30-22+,31-23+,32-24+,61-53?,62-54?,63-55?,64-56?,65-61?,66-63?,67-62?,68-64?;. The van der Waals surface area contributed by atoms with E-state index in [9.17, 15) is 39.6 Å². The number of carbonyl (C=O) groups is 4. The van der Waals surface area contributed by atoms with Gasteiger partial charge in [0.25, 0.3) is 0 Å². The number of aryl methyl sites for hydroxylation is 4. The van der Waals surface area contributed by atoms with Gasteiger partial charge in [-0.05, 0) is 143 Å². The summed E-state index contributed by atoms with van der Waals surface area (Å²) in [5, 5.41) is 39.6. The molecular formula is C68H48N4O8Zn. The maximum atomic E-state index is 12.1. The van der Waals surface area contributed by atoms with E-state index in [4.69, 9.17) is 19.9 Å². The van der Waals surface area contributed by atoms with Gasteiger partial charge in [0.05, 0.1) is 22.8 Å². The first-order chi connectivity index (χ1) is 38.6. The smallest absolute Gasteiger partial charge is 0.657 e. The zero-order valence-corrected chi connectivity index (χ0v) is 47.4. The Balaban J connectivity index is 0.00000736. The Morgan fingerprint density at radius 2 is 0.531 bits per heavy atom. The number of carboxylic acids is 4. The molecule has 11 rings (SSSR count). The number of fused-ring (bicyclic) bond motifs is 14. The molecule has 81 heavy (non-hydrogen) atoms. The number of hydrogen-bond donors (Lipinski definition) is 4. The summed E-state index contributed by atoms with van der Waals surface area (Å²) in [6.07, 6.45) is 9.84. The van der Waals surface area contributed by atoms with E-state index in [0.717, 1.165) is 68.8 Å². The van der Waals surface area contributed by atoms with Crippen molar-refractivity contribution in [3.05, 3.63) is 214 Å². The first kappa shape index (κ1) is 54.3. The second-order valence-corrected chi connectivity index (χ2v) is 19.8. The second-order valence-electron chi connectivity index (χ2n) is 19.8. The van der Waals surface area contributed by atoms with Gasteiger partial charge in [0.1, 0.15) is 0 Å². The Labute approximate surface area is 478 Å². The molecule has 3 aromatic heterocycles. The Morgan fingerprint density at radius 3 is 0.716 bits per heavy atom. The van der Waals surface area contributed by atoms with Crippen molar-refractivity contribution in [3.63, 3.8) is 0 Å². The fourth-order valence-corrected chi connectivity index (χ4v) is 10.3. The van der Waals surface area contributed by atoms with Crippen molar-refractivity contribution in [1.29, 1.82) is 0 Å². The number of nitrogens with zero attached hydrogens (tertiary/aromatic N) is 4. The molecule has 9 aromatic rings. The summed E-state index contributed by atoms with van der Waals surface area (Å²) in [5.74, 6) is -4.74. The zero-order chi connectivity index (χ0) is 55.9. The van der Waals surface area contributed by atoms with Crippen molar-refractivity contribution >= 4 is 70.2 Å². The Kier molecular flexibility index (Phi) is 15.0. The van der Waals surface area contributed by atoms with Crippen LogP contribution in [0.4, 0.5) is 0 Å². The molecule has 0 radical (unpaired) electrons. The van der Waals surface area contributed by atoms with Crippen LogP contribution in [-0.2, 0) is 38.7 Å². The van der Waals surface area contributed by atoms with Crippen LogP contribution >= 0.6 is 0 Å². The maximum Gasteiger partial charge on any atom is 2.00 e. The molecule has 0 atom stereocenters. The third kappa shape index (κ3) is 10.9. The van der Waals surface area contributed by atoms with Gasteiger partial charge in [-0.3, -0.25) is 0 Å². The monoisotopic (exact) mass is 1110 g/mol. The van der Waals surface area contributed by atoms with Crippen molar-refractivity contribution < 1.29 is 59.1 Å². The molecule has 6 aromatic carbocycles. The molecule has 2 aliphatic heterocycles. The van der Waals surface area contributed by atoms with Crippen molar-refractivity contribution in [3.8, 4) is 89.5 Å². The summed E-state index contributed by atoms with van der Waals surface area (Å²) in [4.78, 5) is 71.0. The minimum Gasteiger partial charge on any atom is -0.657 e. The van der Waals surface area contributed by atoms with Crippen LogP contribution in [0.25, 0.3) is 136 Å². The Morgan fingerprint density at radius 1 is 0.333 bits per heavy atom. The van der Waals surface area contributed by atoms with Crippen molar-refractivity contribution in [1.82, 2.24) is 19.9 Å². The topological polar surface area (TPSA) is 203 Å². The number of rotatable bonds is 12. The van der Waals surface area contributed by atoms with Gasteiger partial charge in [-0.2, -0.15) is 0 Å². The molecule has 0 fully saturated rings. The Bertz CT molecular complexity index is 3820. The maximum absolute atomic E-state index is 12.1. The van der Waals surface area contributed by atoms with Crippen LogP contribution in [0.15, 0.2) is 170 Å². The summed E-state index contributed by atoms with van der Waals surface area (Å²) >= 11 is 0. The third-order valence-corrected chi connectivity index (χ3v) is 14.1. The normalized spacial score (nSPS) is 11.8. The second kappa shape index (κ2) is 22.3. The number of aromatic nitrogens is 4. The Hall–Kier alpha value is -10.1. The summed E-state index contributed by atoms with van der Waals surface area (Å²) < 4.78 is 0. The molecule has 4 N–H and O–H groups in total. The predicted octanol–water partition coefficient (Wildman–Crippen LogP) is 14.5. The average molecular weight is 1110 g/mol. The molecule has 13 heteroatoms. The molecule has 390 valence electrons. The molecule has 0 aliphatic carbocycles. The van der Waals surface area contributed by atoms with Gasteiger partial charge in [0.15, 0.2) is 0 Å². The molecule has 0 unspecified atom stereocenters. The molecule has 0 saturated heterocycles. The quantitative estimate of drug-likeness (QED) is 0.0667. The fraction of sp³-hybridized carbons (Fsp3) is 0.0588. The molecule has 0 spiro atoms. The molecule has 0 saturated carbocycles. The van der Waals surface area contributed by atoms with Crippen molar-refractivity contribution in [2.75, 3.05) is 0 Å². The van der Waals surface area contributed by atoms with E-state index in [0.29, 0.717) is 112 Å². The van der Waals surface area contributed by atoms with Crippen LogP contribution in [0.5, 0.6) is 0 Å². The van der Waals surface area contributed by atoms with Gasteiger partial charge in [0, 0.05) is 46.6 Å². The summed E-state index contributed by atoms with van der Waals surface area (Å²) in [7, 11) is 0. The largest absolute Gasteiger partial charge is 2.00 e. The molecule has 2 aliphatic rings. The summed E-state index contributed by atoms with van der Waals surface area (Å²) in [6.45, 7) is 8.01. The number of benzene rings is 6. The number of hydrogen-bond acceptors (Lipinski definition) is 6. The summed E-state index contributed by atoms with van der Waals surface area (Å²) in [5.41, 5.74) is 18.3. The predicted molar refractivity (Wildman–Crippen MR) is 315 cm³/mol. The van der Waals surface area contributed by atoms with E-state index in [1.54, 1.807) is 0 Å². The van der Waals surface area contributed by atoms with Crippen LogP contribution in [0.2, 0.25) is 0 Å². The minimum absolute atomic E-state index is 0. The van der Waals surface area contributed by atoms with E-state index >= 15 is 0 Å². The van der Waals surface area contributed by atoms with Gasteiger partial charge in [0.2, 0.25) is 0 Å². The van der Waals surface area contributed by atoms with Crippen LogP contribution in [0.3, 0.4) is 0 Å². The van der Waals surface area contributed by atoms with Crippen LogP contribution < -0.4 is 9.97 Å². The van der Waals surface area contributed by atoms with Gasteiger partial charge >= 0.3 is 43.4 Å². The van der Waals surface area contributed by atoms with E-state index < -0.39 is 23.9 Å². The van der Waals surface area contributed by atoms with Gasteiger partial charge < -0.3 is 30.4 Å². The molecule has 8 bridgehead atoms. The zero-order valence-electron chi connectivity index (χ0n) is 44.4. The van der Waals surface area contributed by atoms with Gasteiger partial charge in [-0.15, -0.1) is 22.1 Å². The van der Waals surface area contributed by atoms with Crippen molar-refractivity contribution in [2.24, 2.45) is 0 Å². The third-order valence-electron chi connectivity index (χ3n) is 14.1. The van der Waals surface area contributed by atoms with E-state index in [1.807, 2.05) is 173 Å². The minimum atomic E-state index is -1.18. The van der Waals surface area contributed by atoms with Crippen LogP contribution in [0.1, 0.15) is 44.5 Å². The summed E-state index contributed by atoms with van der Waals surface area (Å²) in [6, 6.07) is 47.3. The van der Waals surface area contributed by atoms with Crippen LogP contribution in [-0.4, -0.2) is 54.3 Å². The van der Waals surface area contributed by atoms with Gasteiger partial charge in [-0.1, -0.05) is 144 Å². The van der Waals surface area contributed by atoms with E-state index in [2.05, 4.69) is 0 Å². The first-order valence-electron chi connectivity index (χ1n) is 25.6. The fourth-order valence-electron chi connectivity index (χ4n) is 10.3. The van der Waals surface area contributed by atoms with Gasteiger partial charge in [-0.25, -0.2) is 29.1 Å². The van der Waals surface area contributed by atoms with E-state index in [-0.39, 0.29) is 19.5 Å². The average Bonchev–Trinajstić information content (AvgIpc) is 4.35. The molecule has 12 nitrogen and oxygen atoms in total.